The number of halogens is 2. The van der Waals surface area contributed by atoms with Gasteiger partial charge in [-0.25, -0.2) is 18.7 Å². The van der Waals surface area contributed by atoms with Gasteiger partial charge in [-0.05, 0) is 44.9 Å². The number of hydrogen-bond acceptors (Lipinski definition) is 12. The molecular weight excluding hydrogens is 648 g/mol. The van der Waals surface area contributed by atoms with Crippen LogP contribution < -0.4 is 19.7 Å². The molecule has 0 spiro atoms. The molecule has 3 heterocycles. The van der Waals surface area contributed by atoms with Crippen LogP contribution in [0.1, 0.15) is 44.6 Å². The van der Waals surface area contributed by atoms with Gasteiger partial charge in [-0.3, -0.25) is 9.59 Å². The number of benzene rings is 1. The third-order valence-electron chi connectivity index (χ3n) is 9.01. The highest BCUT2D eigenvalue weighted by atomic mass is 19.1. The lowest BCUT2D eigenvalue weighted by molar-refractivity contribution is -0.131. The summed E-state index contributed by atoms with van der Waals surface area (Å²) in [5.41, 5.74) is -0.394. The van der Waals surface area contributed by atoms with Crippen molar-refractivity contribution >= 4 is 17.8 Å². The van der Waals surface area contributed by atoms with Gasteiger partial charge in [0, 0.05) is 50.4 Å². The standard InChI is InChI=1S/C33H47F2N5O9/c1-2-48-23-15-37-33(38-16-23)39-8-5-20(6-9-39)4-3-11-49-22-12-25(34)24(26(35)13-22)14-29(44)40-10-7-21(18-40)32(47)36-17-27(42)30(45)31(46)28(43)19-41/h12-13,15-16,20-21,27-28,30-31,41-43,45-46H,2-11,14,17-19H2,1H3,(H,36,47)/t21-,27-,28+,30+,31+/m0/s1. The minimum Gasteiger partial charge on any atom is -0.493 e. The summed E-state index contributed by atoms with van der Waals surface area (Å²) in [7, 11) is 0. The summed E-state index contributed by atoms with van der Waals surface area (Å²) in [5.74, 6) is -1.69. The van der Waals surface area contributed by atoms with E-state index >= 15 is 0 Å². The molecule has 14 nitrogen and oxygen atoms in total. The quantitative estimate of drug-likeness (QED) is 0.123. The fraction of sp³-hybridized carbons (Fsp3) is 0.636. The van der Waals surface area contributed by atoms with Gasteiger partial charge in [0.2, 0.25) is 17.8 Å². The lowest BCUT2D eigenvalue weighted by Gasteiger charge is -2.32. The highest BCUT2D eigenvalue weighted by molar-refractivity contribution is 5.83. The van der Waals surface area contributed by atoms with Crippen LogP contribution in [0.3, 0.4) is 0 Å². The molecule has 0 unspecified atom stereocenters. The number of likely N-dealkylation sites (tertiary alicyclic amines) is 1. The summed E-state index contributed by atoms with van der Waals surface area (Å²) >= 11 is 0. The lowest BCUT2D eigenvalue weighted by atomic mass is 9.92. The molecule has 49 heavy (non-hydrogen) atoms. The minimum atomic E-state index is -1.83. The minimum absolute atomic E-state index is 0.00598. The molecule has 1 aromatic heterocycles. The second kappa shape index (κ2) is 18.3. The van der Waals surface area contributed by atoms with E-state index < -0.39 is 78.9 Å². The average Bonchev–Trinajstić information content (AvgIpc) is 3.61. The van der Waals surface area contributed by atoms with Crippen LogP contribution in [0.4, 0.5) is 14.7 Å². The third-order valence-corrected chi connectivity index (χ3v) is 9.01. The molecule has 0 bridgehead atoms. The third kappa shape index (κ3) is 10.6. The predicted octanol–water partition coefficient (Wildman–Crippen LogP) is 0.172. The van der Waals surface area contributed by atoms with Crippen molar-refractivity contribution in [3.8, 4) is 11.5 Å². The second-order valence-electron chi connectivity index (χ2n) is 12.5. The van der Waals surface area contributed by atoms with Crippen LogP contribution in [0.5, 0.6) is 11.5 Å². The molecule has 2 aromatic rings. The molecule has 0 saturated carbocycles. The number of nitrogens with zero attached hydrogens (tertiary/aromatic N) is 4. The van der Waals surface area contributed by atoms with Gasteiger partial charge in [-0.15, -0.1) is 0 Å². The first kappa shape index (κ1) is 38.1. The Kier molecular flexibility index (Phi) is 14.3. The summed E-state index contributed by atoms with van der Waals surface area (Å²) in [6, 6.07) is 2.13. The van der Waals surface area contributed by atoms with Gasteiger partial charge in [0.25, 0.3) is 0 Å². The van der Waals surface area contributed by atoms with E-state index in [4.69, 9.17) is 14.6 Å². The number of aliphatic hydroxyl groups is 5. The number of aromatic nitrogens is 2. The lowest BCUT2D eigenvalue weighted by Crippen LogP contribution is -2.50. The topological polar surface area (TPSA) is 198 Å². The number of piperidine rings is 1. The highest BCUT2D eigenvalue weighted by Gasteiger charge is 2.34. The van der Waals surface area contributed by atoms with E-state index in [0.717, 1.165) is 44.5 Å². The highest BCUT2D eigenvalue weighted by Crippen LogP contribution is 2.27. The Balaban J connectivity index is 1.16. The zero-order valence-electron chi connectivity index (χ0n) is 27.6. The Morgan fingerprint density at radius 2 is 1.61 bits per heavy atom. The van der Waals surface area contributed by atoms with Crippen molar-refractivity contribution in [2.24, 2.45) is 11.8 Å². The zero-order valence-corrected chi connectivity index (χ0v) is 27.6. The van der Waals surface area contributed by atoms with Gasteiger partial charge in [0.1, 0.15) is 35.7 Å². The average molecular weight is 696 g/mol. The Labute approximate surface area is 283 Å². The Hall–Kier alpha value is -3.70. The number of carbonyl (C=O) groups excluding carboxylic acids is 2. The normalized spacial score (nSPS) is 19.3. The van der Waals surface area contributed by atoms with Crippen LogP contribution in [-0.4, -0.2) is 129 Å². The van der Waals surface area contributed by atoms with Crippen LogP contribution in [0, 0.1) is 23.5 Å². The molecule has 4 rings (SSSR count). The van der Waals surface area contributed by atoms with Gasteiger partial charge in [-0.2, -0.15) is 0 Å². The first-order valence-corrected chi connectivity index (χ1v) is 16.7. The molecule has 1 aromatic carbocycles. The first-order chi connectivity index (χ1) is 23.5. The fourth-order valence-electron chi connectivity index (χ4n) is 6.03. The molecule has 6 N–H and O–H groups in total. The van der Waals surface area contributed by atoms with Crippen LogP contribution in [0.25, 0.3) is 0 Å². The molecular formula is C33H47F2N5O9. The van der Waals surface area contributed by atoms with E-state index in [1.807, 2.05) is 6.92 Å². The molecule has 0 radical (unpaired) electrons. The van der Waals surface area contributed by atoms with E-state index in [-0.39, 0.29) is 31.9 Å². The molecule has 2 fully saturated rings. The van der Waals surface area contributed by atoms with Crippen molar-refractivity contribution in [1.29, 1.82) is 0 Å². The van der Waals surface area contributed by atoms with Crippen molar-refractivity contribution in [3.05, 3.63) is 41.7 Å². The van der Waals surface area contributed by atoms with E-state index in [1.54, 1.807) is 12.4 Å². The van der Waals surface area contributed by atoms with Crippen LogP contribution in [-0.2, 0) is 16.0 Å². The molecule has 0 aliphatic carbocycles. The first-order valence-electron chi connectivity index (χ1n) is 16.7. The van der Waals surface area contributed by atoms with Crippen LogP contribution in [0.2, 0.25) is 0 Å². The number of ether oxygens (including phenoxy) is 2. The fourth-order valence-corrected chi connectivity index (χ4v) is 6.03. The maximum atomic E-state index is 14.9. The smallest absolute Gasteiger partial charge is 0.227 e. The number of aliphatic hydroxyl groups excluding tert-OH is 5. The molecule has 2 aliphatic heterocycles. The SMILES string of the molecule is CCOc1cnc(N2CCC(CCCOc3cc(F)c(CC(=O)N4CC[C@H](C(=O)NC[C@H](O)[C@@H](O)[C@H](O)[C@H](O)CO)C4)c(F)c3)CC2)nc1. The number of amides is 2. The molecule has 2 amide bonds. The molecule has 2 aliphatic rings. The summed E-state index contributed by atoms with van der Waals surface area (Å²) in [6.07, 6.45) is -0.309. The van der Waals surface area contributed by atoms with Crippen LogP contribution >= 0.6 is 0 Å². The number of anilines is 1. The number of hydrogen-bond donors (Lipinski definition) is 6. The Morgan fingerprint density at radius 1 is 0.959 bits per heavy atom. The summed E-state index contributed by atoms with van der Waals surface area (Å²) in [5, 5.41) is 50.3. The maximum absolute atomic E-state index is 14.9. The van der Waals surface area contributed by atoms with E-state index in [9.17, 15) is 38.8 Å². The van der Waals surface area contributed by atoms with Gasteiger partial charge in [-0.1, -0.05) is 0 Å². The molecule has 272 valence electrons. The number of carbonyl (C=O) groups is 2. The van der Waals surface area contributed by atoms with Gasteiger partial charge < -0.3 is 50.1 Å². The summed E-state index contributed by atoms with van der Waals surface area (Å²) < 4.78 is 40.8. The Bertz CT molecular complexity index is 1340. The number of rotatable bonds is 17. The van der Waals surface area contributed by atoms with Gasteiger partial charge >= 0.3 is 0 Å². The zero-order chi connectivity index (χ0) is 35.5. The monoisotopic (exact) mass is 695 g/mol. The maximum Gasteiger partial charge on any atom is 0.227 e. The number of nitrogens with one attached hydrogen (secondary N) is 1. The van der Waals surface area contributed by atoms with Crippen molar-refractivity contribution in [2.75, 3.05) is 57.4 Å². The second-order valence-corrected chi connectivity index (χ2v) is 12.5. The molecule has 16 heteroatoms. The molecule has 2 saturated heterocycles. The summed E-state index contributed by atoms with van der Waals surface area (Å²) in [4.78, 5) is 37.7. The van der Waals surface area contributed by atoms with Crippen LogP contribution in [0.15, 0.2) is 24.5 Å². The largest absolute Gasteiger partial charge is 0.493 e. The van der Waals surface area contributed by atoms with E-state index in [0.29, 0.717) is 30.6 Å². The van der Waals surface area contributed by atoms with Crippen molar-refractivity contribution in [3.63, 3.8) is 0 Å². The Morgan fingerprint density at radius 3 is 2.24 bits per heavy atom. The van der Waals surface area contributed by atoms with E-state index in [2.05, 4.69) is 20.2 Å². The van der Waals surface area contributed by atoms with Gasteiger partial charge in [0.15, 0.2) is 5.75 Å². The van der Waals surface area contributed by atoms with Gasteiger partial charge in [0.05, 0.1) is 50.7 Å². The van der Waals surface area contributed by atoms with Crippen molar-refractivity contribution in [2.45, 2.75) is 69.9 Å². The van der Waals surface area contributed by atoms with Crippen molar-refractivity contribution in [1.82, 2.24) is 20.2 Å². The van der Waals surface area contributed by atoms with Crippen molar-refractivity contribution < 1.29 is 53.4 Å². The summed E-state index contributed by atoms with van der Waals surface area (Å²) in [6.45, 7) is 3.31. The molecule has 5 atom stereocenters. The van der Waals surface area contributed by atoms with E-state index in [1.165, 1.54) is 4.90 Å². The predicted molar refractivity (Wildman–Crippen MR) is 172 cm³/mol.